The predicted molar refractivity (Wildman–Crippen MR) is 64.7 cm³/mol. The Morgan fingerprint density at radius 3 is 2.63 bits per heavy atom. The first kappa shape index (κ1) is 13.5. The second-order valence-electron chi connectivity index (χ2n) is 4.94. The number of halogens is 2. The third kappa shape index (κ3) is 2.43. The van der Waals surface area contributed by atoms with Crippen LogP contribution >= 0.6 is 0 Å². The van der Waals surface area contributed by atoms with Gasteiger partial charge in [0, 0.05) is 25.2 Å². The Balaban J connectivity index is 2.11. The molecule has 5 heteroatoms. The van der Waals surface area contributed by atoms with Crippen LogP contribution in [0.4, 0.5) is 8.78 Å². The van der Waals surface area contributed by atoms with Gasteiger partial charge in [0.05, 0.1) is 6.07 Å². The van der Waals surface area contributed by atoms with E-state index < -0.39 is 17.0 Å². The zero-order valence-electron chi connectivity index (χ0n) is 10.6. The third-order valence-corrected chi connectivity index (χ3v) is 3.60. The highest BCUT2D eigenvalue weighted by Crippen LogP contribution is 2.41. The van der Waals surface area contributed by atoms with Crippen LogP contribution in [-0.4, -0.2) is 17.9 Å². The van der Waals surface area contributed by atoms with Crippen LogP contribution in [-0.2, 0) is 11.3 Å². The summed E-state index contributed by atoms with van der Waals surface area (Å²) in [5, 5.41) is 9.09. The average Bonchev–Trinajstić information content (AvgIpc) is 2.32. The largest absolute Gasteiger partial charge is 0.340 e. The van der Waals surface area contributed by atoms with Crippen molar-refractivity contribution < 1.29 is 13.6 Å². The van der Waals surface area contributed by atoms with Crippen LogP contribution in [0, 0.1) is 28.4 Å². The molecule has 1 aromatic carbocycles. The Kier molecular flexibility index (Phi) is 3.52. The smallest absolute Gasteiger partial charge is 0.243 e. The number of benzene rings is 1. The molecule has 0 radical (unpaired) electrons. The van der Waals surface area contributed by atoms with Crippen molar-refractivity contribution in [2.24, 2.45) is 5.41 Å². The number of carbonyl (C=O) groups is 1. The van der Waals surface area contributed by atoms with Crippen LogP contribution in [0.2, 0.25) is 0 Å². The van der Waals surface area contributed by atoms with Gasteiger partial charge in [0.2, 0.25) is 5.91 Å². The molecule has 1 amide bonds. The maximum atomic E-state index is 13.5. The minimum atomic E-state index is -0.939. The van der Waals surface area contributed by atoms with E-state index in [1.54, 1.807) is 0 Å². The van der Waals surface area contributed by atoms with E-state index in [4.69, 9.17) is 5.26 Å². The molecule has 0 unspecified atom stereocenters. The minimum absolute atomic E-state index is 0.0361. The summed E-state index contributed by atoms with van der Waals surface area (Å²) >= 11 is 0. The molecule has 0 aliphatic heterocycles. The van der Waals surface area contributed by atoms with Crippen molar-refractivity contribution in [1.29, 1.82) is 5.26 Å². The molecule has 1 aliphatic rings. The third-order valence-electron chi connectivity index (χ3n) is 3.60. The lowest BCUT2D eigenvalue weighted by Crippen LogP contribution is -2.45. The van der Waals surface area contributed by atoms with E-state index in [-0.39, 0.29) is 18.0 Å². The standard InChI is InChI=1S/C14H14F2N2O/c1-18(13(19)14(9-17)5-2-6-14)8-10-3-4-11(15)7-12(10)16/h3-4,7H,2,5-6,8H2,1H3. The molecule has 1 aliphatic carbocycles. The second kappa shape index (κ2) is 4.96. The molecular weight excluding hydrogens is 250 g/mol. The molecule has 2 rings (SSSR count). The van der Waals surface area contributed by atoms with Crippen molar-refractivity contribution in [1.82, 2.24) is 4.90 Å². The number of hydrogen-bond donors (Lipinski definition) is 0. The monoisotopic (exact) mass is 264 g/mol. The molecule has 0 bridgehead atoms. The normalized spacial score (nSPS) is 16.3. The van der Waals surface area contributed by atoms with Gasteiger partial charge in [0.25, 0.3) is 0 Å². The highest BCUT2D eigenvalue weighted by atomic mass is 19.1. The zero-order valence-corrected chi connectivity index (χ0v) is 10.6. The lowest BCUT2D eigenvalue weighted by atomic mass is 9.69. The van der Waals surface area contributed by atoms with Crippen LogP contribution in [0.15, 0.2) is 18.2 Å². The molecule has 1 aromatic rings. The molecule has 0 heterocycles. The summed E-state index contributed by atoms with van der Waals surface area (Å²) < 4.78 is 26.3. The second-order valence-corrected chi connectivity index (χ2v) is 4.94. The lowest BCUT2D eigenvalue weighted by Gasteiger charge is -2.36. The quantitative estimate of drug-likeness (QED) is 0.842. The number of rotatable bonds is 3. The van der Waals surface area contributed by atoms with E-state index in [2.05, 4.69) is 6.07 Å². The van der Waals surface area contributed by atoms with Crippen LogP contribution in [0.5, 0.6) is 0 Å². The van der Waals surface area contributed by atoms with Gasteiger partial charge in [0.1, 0.15) is 17.0 Å². The molecule has 19 heavy (non-hydrogen) atoms. The van der Waals surface area contributed by atoms with Gasteiger partial charge in [0.15, 0.2) is 0 Å². The van der Waals surface area contributed by atoms with Crippen molar-refractivity contribution in [3.05, 3.63) is 35.4 Å². The fourth-order valence-electron chi connectivity index (χ4n) is 2.25. The highest BCUT2D eigenvalue weighted by Gasteiger charge is 2.46. The van der Waals surface area contributed by atoms with Gasteiger partial charge in [-0.15, -0.1) is 0 Å². The molecule has 100 valence electrons. The van der Waals surface area contributed by atoms with Crippen LogP contribution < -0.4 is 0 Å². The van der Waals surface area contributed by atoms with Gasteiger partial charge in [-0.25, -0.2) is 8.78 Å². The van der Waals surface area contributed by atoms with Gasteiger partial charge >= 0.3 is 0 Å². The Labute approximate surface area is 110 Å². The van der Waals surface area contributed by atoms with Crippen molar-refractivity contribution in [2.45, 2.75) is 25.8 Å². The van der Waals surface area contributed by atoms with E-state index in [1.165, 1.54) is 18.0 Å². The number of hydrogen-bond acceptors (Lipinski definition) is 2. The van der Waals surface area contributed by atoms with E-state index in [1.807, 2.05) is 0 Å². The van der Waals surface area contributed by atoms with Crippen molar-refractivity contribution in [2.75, 3.05) is 7.05 Å². The fourth-order valence-corrected chi connectivity index (χ4v) is 2.25. The van der Waals surface area contributed by atoms with Crippen LogP contribution in [0.25, 0.3) is 0 Å². The summed E-state index contributed by atoms with van der Waals surface area (Å²) in [5.74, 6) is -1.62. The molecule has 0 spiro atoms. The van der Waals surface area contributed by atoms with E-state index in [0.717, 1.165) is 18.6 Å². The molecule has 1 fully saturated rings. The molecular formula is C14H14F2N2O. The zero-order chi connectivity index (χ0) is 14.0. The van der Waals surface area contributed by atoms with Crippen LogP contribution in [0.1, 0.15) is 24.8 Å². The molecule has 3 nitrogen and oxygen atoms in total. The fraction of sp³-hybridized carbons (Fsp3) is 0.429. The maximum Gasteiger partial charge on any atom is 0.243 e. The maximum absolute atomic E-state index is 13.5. The van der Waals surface area contributed by atoms with E-state index in [9.17, 15) is 13.6 Å². The van der Waals surface area contributed by atoms with Gasteiger partial charge < -0.3 is 4.90 Å². The van der Waals surface area contributed by atoms with Crippen molar-refractivity contribution in [3.63, 3.8) is 0 Å². The summed E-state index contributed by atoms with van der Waals surface area (Å²) in [7, 11) is 1.53. The van der Waals surface area contributed by atoms with Crippen LogP contribution in [0.3, 0.4) is 0 Å². The Bertz CT molecular complexity index is 547. The van der Waals surface area contributed by atoms with Gasteiger partial charge in [-0.05, 0) is 25.3 Å². The topological polar surface area (TPSA) is 44.1 Å². The number of carbonyl (C=O) groups excluding carboxylic acids is 1. The Hall–Kier alpha value is -1.96. The van der Waals surface area contributed by atoms with Gasteiger partial charge in [-0.2, -0.15) is 5.26 Å². The van der Waals surface area contributed by atoms with Gasteiger partial charge in [-0.3, -0.25) is 4.79 Å². The molecule has 0 atom stereocenters. The lowest BCUT2D eigenvalue weighted by molar-refractivity contribution is -0.142. The Morgan fingerprint density at radius 2 is 2.16 bits per heavy atom. The predicted octanol–water partition coefficient (Wildman–Crippen LogP) is 2.62. The highest BCUT2D eigenvalue weighted by molar-refractivity contribution is 5.86. The molecule has 1 saturated carbocycles. The molecule has 0 saturated heterocycles. The number of nitrogens with zero attached hydrogens (tertiary/aromatic N) is 2. The van der Waals surface area contributed by atoms with Gasteiger partial charge in [-0.1, -0.05) is 6.07 Å². The van der Waals surface area contributed by atoms with Crippen molar-refractivity contribution in [3.8, 4) is 6.07 Å². The summed E-state index contributed by atoms with van der Waals surface area (Å²) in [5.41, 5.74) is -0.699. The molecule has 0 aromatic heterocycles. The summed E-state index contributed by atoms with van der Waals surface area (Å²) in [6.45, 7) is 0.0361. The van der Waals surface area contributed by atoms with E-state index >= 15 is 0 Å². The summed E-state index contributed by atoms with van der Waals surface area (Å²) in [6.07, 6.45) is 1.97. The van der Waals surface area contributed by atoms with E-state index in [0.29, 0.717) is 12.8 Å². The van der Waals surface area contributed by atoms with Crippen molar-refractivity contribution >= 4 is 5.91 Å². The Morgan fingerprint density at radius 1 is 1.47 bits per heavy atom. The SMILES string of the molecule is CN(Cc1ccc(F)cc1F)C(=O)C1(C#N)CCC1. The summed E-state index contributed by atoms with van der Waals surface area (Å²) in [4.78, 5) is 13.5. The summed E-state index contributed by atoms with van der Waals surface area (Å²) in [6, 6.07) is 5.32. The number of nitriles is 1. The first-order valence-corrected chi connectivity index (χ1v) is 6.09. The number of amides is 1. The molecule has 0 N–H and O–H groups in total. The minimum Gasteiger partial charge on any atom is -0.340 e. The first-order valence-electron chi connectivity index (χ1n) is 6.09. The average molecular weight is 264 g/mol. The first-order chi connectivity index (χ1) is 8.98.